The van der Waals surface area contributed by atoms with E-state index < -0.39 is 0 Å². The summed E-state index contributed by atoms with van der Waals surface area (Å²) in [6.45, 7) is 8.19. The van der Waals surface area contributed by atoms with Gasteiger partial charge in [0, 0.05) is 16.5 Å². The van der Waals surface area contributed by atoms with E-state index in [-0.39, 0.29) is 0 Å². The molecule has 0 fully saturated rings. The van der Waals surface area contributed by atoms with E-state index in [0.29, 0.717) is 0 Å². The van der Waals surface area contributed by atoms with Crippen molar-refractivity contribution in [2.24, 2.45) is 0 Å². The number of furan rings is 1. The molecular weight excluding hydrogens is 232 g/mol. The van der Waals surface area contributed by atoms with Gasteiger partial charge in [-0.25, -0.2) is 0 Å². The highest BCUT2D eigenvalue weighted by Gasteiger charge is 2.12. The predicted octanol–water partition coefficient (Wildman–Crippen LogP) is 5.75. The van der Waals surface area contributed by atoms with Crippen LogP contribution < -0.4 is 0 Å². The normalized spacial score (nSPS) is 13.2. The van der Waals surface area contributed by atoms with Crippen LogP contribution in [0.5, 0.6) is 0 Å². The van der Waals surface area contributed by atoms with Crippen molar-refractivity contribution in [1.82, 2.24) is 0 Å². The number of fused-ring (bicyclic) bond motifs is 1. The molecule has 19 heavy (non-hydrogen) atoms. The van der Waals surface area contributed by atoms with Crippen LogP contribution in [0.3, 0.4) is 0 Å². The van der Waals surface area contributed by atoms with E-state index in [9.17, 15) is 0 Å². The van der Waals surface area contributed by atoms with E-state index in [0.717, 1.165) is 16.9 Å². The molecular formula is C18H20O. The number of allylic oxidation sites excluding steroid dienone is 5. The van der Waals surface area contributed by atoms with E-state index in [2.05, 4.69) is 50.3 Å². The lowest BCUT2D eigenvalue weighted by Gasteiger charge is -2.02. The van der Waals surface area contributed by atoms with Crippen LogP contribution in [-0.4, -0.2) is 0 Å². The fourth-order valence-corrected chi connectivity index (χ4v) is 2.32. The number of benzene rings is 1. The van der Waals surface area contributed by atoms with E-state index in [1.54, 1.807) is 0 Å². The molecule has 2 aromatic rings. The zero-order valence-corrected chi connectivity index (χ0v) is 12.0. The molecule has 0 saturated carbocycles. The summed E-state index contributed by atoms with van der Waals surface area (Å²) in [5.41, 5.74) is 4.51. The molecule has 98 valence electrons. The van der Waals surface area contributed by atoms with Crippen molar-refractivity contribution >= 4 is 22.6 Å². The Morgan fingerprint density at radius 1 is 1.11 bits per heavy atom. The number of hydrogen-bond acceptors (Lipinski definition) is 1. The molecule has 0 spiro atoms. The van der Waals surface area contributed by atoms with Crippen LogP contribution in [0.25, 0.3) is 22.6 Å². The summed E-state index contributed by atoms with van der Waals surface area (Å²) in [5.74, 6) is 0.945. The predicted molar refractivity (Wildman–Crippen MR) is 84.1 cm³/mol. The zero-order valence-electron chi connectivity index (χ0n) is 12.0. The van der Waals surface area contributed by atoms with Gasteiger partial charge < -0.3 is 4.42 Å². The van der Waals surface area contributed by atoms with Gasteiger partial charge in [0.1, 0.15) is 11.3 Å². The molecule has 1 nitrogen and oxygen atoms in total. The van der Waals surface area contributed by atoms with Gasteiger partial charge >= 0.3 is 0 Å². The van der Waals surface area contributed by atoms with Crippen LogP contribution in [0, 0.1) is 6.92 Å². The Hall–Kier alpha value is -2.02. The van der Waals surface area contributed by atoms with Crippen molar-refractivity contribution in [3.05, 3.63) is 59.4 Å². The first-order valence-electron chi connectivity index (χ1n) is 6.67. The second kappa shape index (κ2) is 5.75. The van der Waals surface area contributed by atoms with Gasteiger partial charge in [-0.15, -0.1) is 0 Å². The molecule has 1 aromatic carbocycles. The lowest BCUT2D eigenvalue weighted by Crippen LogP contribution is -1.81. The monoisotopic (exact) mass is 252 g/mol. The minimum absolute atomic E-state index is 0.945. The Kier molecular flexibility index (Phi) is 4.06. The lowest BCUT2D eigenvalue weighted by atomic mass is 10.0. The average Bonchev–Trinajstić information content (AvgIpc) is 2.74. The second-order valence-electron chi connectivity index (χ2n) is 4.52. The minimum atomic E-state index is 0.945. The highest BCUT2D eigenvalue weighted by molar-refractivity contribution is 5.95. The van der Waals surface area contributed by atoms with Crippen LogP contribution in [-0.2, 0) is 0 Å². The van der Waals surface area contributed by atoms with Crippen LogP contribution in [0.4, 0.5) is 0 Å². The van der Waals surface area contributed by atoms with E-state index in [1.807, 2.05) is 26.0 Å². The largest absolute Gasteiger partial charge is 0.456 e. The molecule has 0 aliphatic heterocycles. The van der Waals surface area contributed by atoms with Gasteiger partial charge in [-0.3, -0.25) is 0 Å². The SMILES string of the molecule is C/C=C\C(=C/C)c1cccc2c(C)c(/C=C\C)oc12. The Balaban J connectivity index is 2.73. The highest BCUT2D eigenvalue weighted by atomic mass is 16.3. The third kappa shape index (κ3) is 2.41. The molecule has 1 heterocycles. The Bertz CT molecular complexity index is 666. The molecule has 1 aromatic heterocycles. The standard InChI is InChI=1S/C18H20O/c1-5-9-14(7-3)16-12-8-11-15-13(4)17(10-6-2)19-18(15)16/h5-12H,1-4H3/b9-5-,10-6-,14-7+. The third-order valence-corrected chi connectivity index (χ3v) is 3.29. The molecule has 2 rings (SSSR count). The average molecular weight is 252 g/mol. The van der Waals surface area contributed by atoms with Gasteiger partial charge in [0.2, 0.25) is 0 Å². The van der Waals surface area contributed by atoms with E-state index in [4.69, 9.17) is 4.42 Å². The number of hydrogen-bond donors (Lipinski definition) is 0. The number of rotatable bonds is 3. The van der Waals surface area contributed by atoms with Gasteiger partial charge in [-0.1, -0.05) is 42.5 Å². The van der Waals surface area contributed by atoms with Crippen molar-refractivity contribution in [3.63, 3.8) is 0 Å². The highest BCUT2D eigenvalue weighted by Crippen LogP contribution is 2.32. The summed E-state index contributed by atoms with van der Waals surface area (Å²) in [5, 5.41) is 1.19. The van der Waals surface area contributed by atoms with Crippen molar-refractivity contribution in [1.29, 1.82) is 0 Å². The van der Waals surface area contributed by atoms with Crippen LogP contribution in [0.15, 0.2) is 46.9 Å². The number of para-hydroxylation sites is 1. The molecule has 0 aliphatic carbocycles. The van der Waals surface area contributed by atoms with Crippen molar-refractivity contribution in [2.75, 3.05) is 0 Å². The quantitative estimate of drug-likeness (QED) is 0.633. The molecule has 0 amide bonds. The first kappa shape index (κ1) is 13.4. The van der Waals surface area contributed by atoms with Gasteiger partial charge in [0.05, 0.1) is 0 Å². The lowest BCUT2D eigenvalue weighted by molar-refractivity contribution is 0.600. The molecule has 0 N–H and O–H groups in total. The molecule has 0 unspecified atom stereocenters. The van der Waals surface area contributed by atoms with E-state index in [1.165, 1.54) is 16.5 Å². The summed E-state index contributed by atoms with van der Waals surface area (Å²) in [7, 11) is 0. The van der Waals surface area contributed by atoms with Crippen molar-refractivity contribution < 1.29 is 4.42 Å². The molecule has 0 saturated heterocycles. The number of aryl methyl sites for hydroxylation is 1. The van der Waals surface area contributed by atoms with Crippen LogP contribution in [0.2, 0.25) is 0 Å². The van der Waals surface area contributed by atoms with Gasteiger partial charge in [0.25, 0.3) is 0 Å². The summed E-state index contributed by atoms with van der Waals surface area (Å²) >= 11 is 0. The molecule has 0 aliphatic rings. The van der Waals surface area contributed by atoms with Crippen molar-refractivity contribution in [3.8, 4) is 0 Å². The Labute approximate surface area is 114 Å². The first-order chi connectivity index (χ1) is 9.22. The maximum Gasteiger partial charge on any atom is 0.142 e. The topological polar surface area (TPSA) is 13.1 Å². The van der Waals surface area contributed by atoms with Gasteiger partial charge in [-0.2, -0.15) is 0 Å². The molecule has 0 bridgehead atoms. The molecule has 0 radical (unpaired) electrons. The summed E-state index contributed by atoms with van der Waals surface area (Å²) < 4.78 is 6.04. The second-order valence-corrected chi connectivity index (χ2v) is 4.52. The molecule has 1 heteroatoms. The Morgan fingerprint density at radius 3 is 2.53 bits per heavy atom. The fraction of sp³-hybridized carbons (Fsp3) is 0.222. The smallest absolute Gasteiger partial charge is 0.142 e. The van der Waals surface area contributed by atoms with Crippen LogP contribution >= 0.6 is 0 Å². The Morgan fingerprint density at radius 2 is 1.89 bits per heavy atom. The fourth-order valence-electron chi connectivity index (χ4n) is 2.32. The zero-order chi connectivity index (χ0) is 13.8. The van der Waals surface area contributed by atoms with E-state index >= 15 is 0 Å². The summed E-state index contributed by atoms with van der Waals surface area (Å²) in [4.78, 5) is 0. The summed E-state index contributed by atoms with van der Waals surface area (Å²) in [6, 6.07) is 6.32. The van der Waals surface area contributed by atoms with Crippen molar-refractivity contribution in [2.45, 2.75) is 27.7 Å². The third-order valence-electron chi connectivity index (χ3n) is 3.29. The van der Waals surface area contributed by atoms with Gasteiger partial charge in [0.15, 0.2) is 0 Å². The van der Waals surface area contributed by atoms with Crippen LogP contribution in [0.1, 0.15) is 37.7 Å². The van der Waals surface area contributed by atoms with Gasteiger partial charge in [-0.05, 0) is 39.3 Å². The molecule has 0 atom stereocenters. The summed E-state index contributed by atoms with van der Waals surface area (Å²) in [6.07, 6.45) is 10.3. The maximum absolute atomic E-state index is 6.04. The first-order valence-corrected chi connectivity index (χ1v) is 6.67. The maximum atomic E-state index is 6.04. The minimum Gasteiger partial charge on any atom is -0.456 e.